The van der Waals surface area contributed by atoms with Crippen molar-refractivity contribution in [3.05, 3.63) is 0 Å². The average Bonchev–Trinajstić information content (AvgIpc) is 1.97. The predicted molar refractivity (Wildman–Crippen MR) is 50.6 cm³/mol. The van der Waals surface area contributed by atoms with Crippen molar-refractivity contribution < 1.29 is 9.90 Å². The number of hydrazine groups is 1. The van der Waals surface area contributed by atoms with Crippen LogP contribution in [0.1, 0.15) is 26.7 Å². The first-order valence-corrected chi connectivity index (χ1v) is 3.96. The lowest BCUT2D eigenvalue weighted by Gasteiger charge is -2.18. The number of nitrogens with zero attached hydrogens (tertiary/aromatic N) is 1. The summed E-state index contributed by atoms with van der Waals surface area (Å²) in [5.41, 5.74) is 2.80. The van der Waals surface area contributed by atoms with Crippen LogP contribution in [-0.2, 0) is 0 Å². The van der Waals surface area contributed by atoms with Gasteiger partial charge in [-0.05, 0) is 12.8 Å². The van der Waals surface area contributed by atoms with Crippen molar-refractivity contribution in [2.45, 2.75) is 26.7 Å². The molecule has 0 radical (unpaired) electrons. The molecule has 0 saturated carbocycles. The van der Waals surface area contributed by atoms with Gasteiger partial charge in [-0.1, -0.05) is 13.8 Å². The number of amides is 1. The van der Waals surface area contributed by atoms with E-state index in [1.807, 2.05) is 13.8 Å². The normalized spacial score (nSPS) is 8.83. The van der Waals surface area contributed by atoms with Crippen molar-refractivity contribution in [2.75, 3.05) is 13.1 Å². The number of hydrogen-bond donors (Lipinski definition) is 2. The maximum atomic E-state index is 10.5. The zero-order chi connectivity index (χ0) is 8.69. The van der Waals surface area contributed by atoms with E-state index < -0.39 is 6.09 Å². The molecule has 0 aliphatic heterocycles. The Hall–Kier alpha value is -0.480. The van der Waals surface area contributed by atoms with Crippen molar-refractivity contribution in [3.8, 4) is 0 Å². The first-order valence-electron chi connectivity index (χ1n) is 3.96. The molecule has 0 fully saturated rings. The number of rotatable bonds is 5. The summed E-state index contributed by atoms with van der Waals surface area (Å²) in [7, 11) is 0. The van der Waals surface area contributed by atoms with E-state index >= 15 is 0 Å². The van der Waals surface area contributed by atoms with Crippen LogP contribution in [0.3, 0.4) is 0 Å². The molecular formula is C7H17ClN2O2. The van der Waals surface area contributed by atoms with Gasteiger partial charge in [-0.15, -0.1) is 12.4 Å². The predicted octanol–water partition coefficient (Wildman–Crippen LogP) is 1.71. The maximum Gasteiger partial charge on any atom is 0.421 e. The maximum absolute atomic E-state index is 10.5. The smallest absolute Gasteiger partial charge is 0.421 e. The molecule has 0 unspecified atom stereocenters. The highest BCUT2D eigenvalue weighted by Gasteiger charge is 2.07. The third-order valence-corrected chi connectivity index (χ3v) is 1.23. The zero-order valence-electron chi connectivity index (χ0n) is 7.54. The van der Waals surface area contributed by atoms with Crippen LogP contribution in [-0.4, -0.2) is 29.3 Å². The first kappa shape index (κ1) is 14.1. The van der Waals surface area contributed by atoms with E-state index in [9.17, 15) is 4.79 Å². The minimum absolute atomic E-state index is 0. The van der Waals surface area contributed by atoms with Crippen LogP contribution in [0.4, 0.5) is 4.79 Å². The Morgan fingerprint density at radius 3 is 2.33 bits per heavy atom. The molecule has 0 aromatic heterocycles. The molecule has 4 nitrogen and oxygen atoms in total. The molecule has 0 aliphatic carbocycles. The Labute approximate surface area is 79.3 Å². The van der Waals surface area contributed by atoms with E-state index in [1.54, 1.807) is 0 Å². The van der Waals surface area contributed by atoms with Crippen molar-refractivity contribution in [3.63, 3.8) is 0 Å². The molecule has 0 aromatic rings. The molecule has 0 heterocycles. The van der Waals surface area contributed by atoms with Crippen LogP contribution in [0.15, 0.2) is 0 Å². The van der Waals surface area contributed by atoms with Crippen LogP contribution in [0.25, 0.3) is 0 Å². The highest BCUT2D eigenvalue weighted by molar-refractivity contribution is 5.85. The standard InChI is InChI=1S/C7H16N2O2.ClH/c1-3-5-8-9(6-4-2)7(10)11;/h8H,3-6H2,1-2H3,(H,10,11);1H. The molecule has 74 valence electrons. The second-order valence-electron chi connectivity index (χ2n) is 2.34. The molecule has 1 amide bonds. The summed E-state index contributed by atoms with van der Waals surface area (Å²) in [5, 5.41) is 9.82. The van der Waals surface area contributed by atoms with Gasteiger partial charge in [0.15, 0.2) is 0 Å². The molecular weight excluding hydrogens is 180 g/mol. The Kier molecular flexibility index (Phi) is 10.1. The second kappa shape index (κ2) is 8.62. The summed E-state index contributed by atoms with van der Waals surface area (Å²) in [6, 6.07) is 0. The third-order valence-electron chi connectivity index (χ3n) is 1.23. The minimum Gasteiger partial charge on any atom is -0.464 e. The van der Waals surface area contributed by atoms with Crippen molar-refractivity contribution in [1.82, 2.24) is 10.4 Å². The minimum atomic E-state index is -0.903. The average molecular weight is 197 g/mol. The molecule has 0 atom stereocenters. The second-order valence-corrected chi connectivity index (χ2v) is 2.34. The lowest BCUT2D eigenvalue weighted by Crippen LogP contribution is -2.42. The summed E-state index contributed by atoms with van der Waals surface area (Å²) >= 11 is 0. The van der Waals surface area contributed by atoms with E-state index in [0.29, 0.717) is 13.1 Å². The fourth-order valence-electron chi connectivity index (χ4n) is 0.713. The van der Waals surface area contributed by atoms with E-state index in [0.717, 1.165) is 12.8 Å². The fraction of sp³-hybridized carbons (Fsp3) is 0.857. The van der Waals surface area contributed by atoms with Crippen molar-refractivity contribution >= 4 is 18.5 Å². The summed E-state index contributed by atoms with van der Waals surface area (Å²) in [5.74, 6) is 0. The SMILES string of the molecule is CCCNN(CCC)C(=O)O.Cl. The largest absolute Gasteiger partial charge is 0.464 e. The molecule has 0 saturated heterocycles. The summed E-state index contributed by atoms with van der Waals surface area (Å²) < 4.78 is 0. The van der Waals surface area contributed by atoms with Gasteiger partial charge in [0.2, 0.25) is 0 Å². The van der Waals surface area contributed by atoms with Gasteiger partial charge < -0.3 is 5.11 Å². The molecule has 5 heteroatoms. The van der Waals surface area contributed by atoms with E-state index in [4.69, 9.17) is 5.11 Å². The molecule has 0 rings (SSSR count). The van der Waals surface area contributed by atoms with Crippen LogP contribution in [0, 0.1) is 0 Å². The van der Waals surface area contributed by atoms with Gasteiger partial charge >= 0.3 is 6.09 Å². The fourth-order valence-corrected chi connectivity index (χ4v) is 0.713. The quantitative estimate of drug-likeness (QED) is 0.659. The molecule has 2 N–H and O–H groups in total. The molecule has 0 aromatic carbocycles. The van der Waals surface area contributed by atoms with Gasteiger partial charge in [0.05, 0.1) is 0 Å². The Bertz CT molecular complexity index is 122. The van der Waals surface area contributed by atoms with Gasteiger partial charge in [0, 0.05) is 13.1 Å². The molecule has 0 bridgehead atoms. The van der Waals surface area contributed by atoms with Gasteiger partial charge in [0.25, 0.3) is 0 Å². The van der Waals surface area contributed by atoms with Gasteiger partial charge in [-0.3, -0.25) is 0 Å². The lowest BCUT2D eigenvalue weighted by atomic mass is 10.4. The van der Waals surface area contributed by atoms with Crippen molar-refractivity contribution in [1.29, 1.82) is 0 Å². The van der Waals surface area contributed by atoms with Crippen LogP contribution >= 0.6 is 12.4 Å². The summed E-state index contributed by atoms with van der Waals surface area (Å²) in [4.78, 5) is 10.5. The van der Waals surface area contributed by atoms with Gasteiger partial charge in [-0.2, -0.15) is 0 Å². The Balaban J connectivity index is 0. The van der Waals surface area contributed by atoms with Gasteiger partial charge in [0.1, 0.15) is 0 Å². The molecule has 0 aliphatic rings. The van der Waals surface area contributed by atoms with E-state index in [-0.39, 0.29) is 12.4 Å². The van der Waals surface area contributed by atoms with Crippen LogP contribution < -0.4 is 5.43 Å². The van der Waals surface area contributed by atoms with E-state index in [2.05, 4.69) is 5.43 Å². The van der Waals surface area contributed by atoms with E-state index in [1.165, 1.54) is 5.01 Å². The van der Waals surface area contributed by atoms with Crippen molar-refractivity contribution in [2.24, 2.45) is 0 Å². The number of carbonyl (C=O) groups is 1. The number of halogens is 1. The highest BCUT2D eigenvalue weighted by Crippen LogP contribution is 1.87. The number of hydrogen-bond acceptors (Lipinski definition) is 2. The first-order chi connectivity index (χ1) is 5.22. The highest BCUT2D eigenvalue weighted by atomic mass is 35.5. The van der Waals surface area contributed by atoms with Crippen LogP contribution in [0.2, 0.25) is 0 Å². The number of carboxylic acid groups (broad SMARTS) is 1. The third kappa shape index (κ3) is 6.24. The zero-order valence-corrected chi connectivity index (χ0v) is 8.36. The molecule has 12 heavy (non-hydrogen) atoms. The van der Waals surface area contributed by atoms with Crippen LogP contribution in [0.5, 0.6) is 0 Å². The monoisotopic (exact) mass is 196 g/mol. The summed E-state index contributed by atoms with van der Waals surface area (Å²) in [6.45, 7) is 5.21. The Morgan fingerprint density at radius 1 is 1.42 bits per heavy atom. The molecule has 0 spiro atoms. The van der Waals surface area contributed by atoms with Gasteiger partial charge in [-0.25, -0.2) is 15.2 Å². The summed E-state index contributed by atoms with van der Waals surface area (Å²) in [6.07, 6.45) is 0.872. The number of nitrogens with one attached hydrogen (secondary N) is 1. The lowest BCUT2D eigenvalue weighted by molar-refractivity contribution is 0.120. The Morgan fingerprint density at radius 2 is 2.00 bits per heavy atom. The topological polar surface area (TPSA) is 52.6 Å².